The van der Waals surface area contributed by atoms with Crippen LogP contribution in [-0.2, 0) is 0 Å². The standard InChI is InChI=1S/C17H23N5O2/c1-3-4-5-8-11-24-15-10-7-6-9-14(15)12-18-21-17-19-16(23)13(2)20-22-17/h6-7,9-10,12H,3-5,8,11H2,1-2H3,(H2,19,21,22,23)/b18-12+. The van der Waals surface area contributed by atoms with E-state index in [1.165, 1.54) is 19.3 Å². The van der Waals surface area contributed by atoms with Crippen LogP contribution < -0.4 is 15.7 Å². The summed E-state index contributed by atoms with van der Waals surface area (Å²) in [6.07, 6.45) is 6.28. The van der Waals surface area contributed by atoms with Gasteiger partial charge in [0.05, 0.1) is 12.8 Å². The number of hydrogen-bond donors (Lipinski definition) is 2. The van der Waals surface area contributed by atoms with E-state index in [4.69, 9.17) is 4.74 Å². The van der Waals surface area contributed by atoms with Crippen molar-refractivity contribution in [3.8, 4) is 5.75 Å². The number of hydrogen-bond acceptors (Lipinski definition) is 6. The van der Waals surface area contributed by atoms with Crippen LogP contribution >= 0.6 is 0 Å². The molecule has 0 atom stereocenters. The smallest absolute Gasteiger partial charge is 0.274 e. The molecule has 1 heterocycles. The van der Waals surface area contributed by atoms with E-state index in [0.717, 1.165) is 17.7 Å². The van der Waals surface area contributed by atoms with Gasteiger partial charge in [-0.2, -0.15) is 5.10 Å². The number of nitrogens with one attached hydrogen (secondary N) is 2. The Morgan fingerprint density at radius 1 is 1.25 bits per heavy atom. The number of aromatic amines is 1. The van der Waals surface area contributed by atoms with Gasteiger partial charge in [-0.05, 0) is 25.5 Å². The molecule has 128 valence electrons. The molecule has 24 heavy (non-hydrogen) atoms. The van der Waals surface area contributed by atoms with Gasteiger partial charge in [0.2, 0.25) is 5.95 Å². The lowest BCUT2D eigenvalue weighted by molar-refractivity contribution is 0.304. The van der Waals surface area contributed by atoms with E-state index in [0.29, 0.717) is 12.3 Å². The van der Waals surface area contributed by atoms with Gasteiger partial charge in [-0.25, -0.2) is 5.43 Å². The fourth-order valence-electron chi connectivity index (χ4n) is 2.04. The molecular weight excluding hydrogens is 306 g/mol. The van der Waals surface area contributed by atoms with Crippen molar-refractivity contribution in [1.29, 1.82) is 0 Å². The van der Waals surface area contributed by atoms with Crippen LogP contribution in [0.3, 0.4) is 0 Å². The van der Waals surface area contributed by atoms with Crippen LogP contribution in [0.15, 0.2) is 34.2 Å². The van der Waals surface area contributed by atoms with Crippen LogP contribution in [0, 0.1) is 6.92 Å². The lowest BCUT2D eigenvalue weighted by atomic mass is 10.2. The summed E-state index contributed by atoms with van der Waals surface area (Å²) >= 11 is 0. The molecule has 1 aromatic heterocycles. The highest BCUT2D eigenvalue weighted by molar-refractivity contribution is 5.83. The van der Waals surface area contributed by atoms with E-state index >= 15 is 0 Å². The van der Waals surface area contributed by atoms with Crippen molar-refractivity contribution >= 4 is 12.2 Å². The molecule has 2 rings (SSSR count). The first-order valence-electron chi connectivity index (χ1n) is 8.15. The molecule has 0 amide bonds. The van der Waals surface area contributed by atoms with Crippen molar-refractivity contribution in [2.45, 2.75) is 39.5 Å². The molecule has 0 saturated heterocycles. The van der Waals surface area contributed by atoms with Crippen LogP contribution in [0.4, 0.5) is 5.95 Å². The molecule has 2 aromatic rings. The lowest BCUT2D eigenvalue weighted by Crippen LogP contribution is -2.15. The monoisotopic (exact) mass is 329 g/mol. The lowest BCUT2D eigenvalue weighted by Gasteiger charge is -2.08. The minimum atomic E-state index is -0.293. The molecule has 2 N–H and O–H groups in total. The molecule has 0 bridgehead atoms. The van der Waals surface area contributed by atoms with E-state index in [1.54, 1.807) is 13.1 Å². The first-order chi connectivity index (χ1) is 11.7. The van der Waals surface area contributed by atoms with E-state index < -0.39 is 0 Å². The number of rotatable bonds is 9. The van der Waals surface area contributed by atoms with Crippen molar-refractivity contribution in [2.24, 2.45) is 5.10 Å². The Kier molecular flexibility index (Phi) is 6.94. The zero-order chi connectivity index (χ0) is 17.2. The van der Waals surface area contributed by atoms with E-state index in [2.05, 4.69) is 32.6 Å². The van der Waals surface area contributed by atoms with Gasteiger partial charge in [-0.3, -0.25) is 9.78 Å². The van der Waals surface area contributed by atoms with Crippen molar-refractivity contribution in [3.63, 3.8) is 0 Å². The Balaban J connectivity index is 1.93. The molecule has 0 saturated carbocycles. The molecule has 1 aromatic carbocycles. The zero-order valence-corrected chi connectivity index (χ0v) is 14.1. The minimum Gasteiger partial charge on any atom is -0.493 e. The molecule has 0 aliphatic rings. The Morgan fingerprint density at radius 2 is 2.08 bits per heavy atom. The van der Waals surface area contributed by atoms with Crippen molar-refractivity contribution < 1.29 is 4.74 Å². The number of hydrazone groups is 1. The van der Waals surface area contributed by atoms with Gasteiger partial charge < -0.3 is 4.74 Å². The second kappa shape index (κ2) is 9.44. The van der Waals surface area contributed by atoms with Crippen LogP contribution in [-0.4, -0.2) is 28.0 Å². The van der Waals surface area contributed by atoms with E-state index in [9.17, 15) is 4.79 Å². The molecular formula is C17H23N5O2. The third-order valence-corrected chi connectivity index (χ3v) is 3.41. The van der Waals surface area contributed by atoms with Crippen LogP contribution in [0.1, 0.15) is 43.9 Å². The summed E-state index contributed by atoms with van der Waals surface area (Å²) in [7, 11) is 0. The Bertz CT molecular complexity index is 727. The number of benzene rings is 1. The number of aryl methyl sites for hydroxylation is 1. The number of unbranched alkanes of at least 4 members (excludes halogenated alkanes) is 3. The van der Waals surface area contributed by atoms with Gasteiger partial charge in [-0.15, -0.1) is 10.2 Å². The average molecular weight is 329 g/mol. The maximum atomic E-state index is 11.5. The third kappa shape index (κ3) is 5.49. The Hall–Kier alpha value is -2.70. The minimum absolute atomic E-state index is 0.194. The fourth-order valence-corrected chi connectivity index (χ4v) is 2.04. The van der Waals surface area contributed by atoms with Gasteiger partial charge in [0, 0.05) is 5.56 Å². The number of anilines is 1. The first kappa shape index (κ1) is 17.7. The highest BCUT2D eigenvalue weighted by Crippen LogP contribution is 2.16. The molecule has 0 spiro atoms. The Morgan fingerprint density at radius 3 is 2.88 bits per heavy atom. The van der Waals surface area contributed by atoms with Crippen molar-refractivity contribution in [1.82, 2.24) is 15.2 Å². The highest BCUT2D eigenvalue weighted by Gasteiger charge is 2.01. The molecule has 7 heteroatoms. The quantitative estimate of drug-likeness (QED) is 0.419. The third-order valence-electron chi connectivity index (χ3n) is 3.41. The SMILES string of the molecule is CCCCCCOc1ccccc1/C=N/Nc1nnc(C)c(=O)[nH]1. The summed E-state index contributed by atoms with van der Waals surface area (Å²) in [6, 6.07) is 7.67. The highest BCUT2D eigenvalue weighted by atomic mass is 16.5. The van der Waals surface area contributed by atoms with E-state index in [-0.39, 0.29) is 11.5 Å². The maximum absolute atomic E-state index is 11.5. The van der Waals surface area contributed by atoms with Crippen molar-refractivity contribution in [2.75, 3.05) is 12.0 Å². The predicted octanol–water partition coefficient (Wildman–Crippen LogP) is 2.88. The summed E-state index contributed by atoms with van der Waals surface area (Å²) in [5.74, 6) is 0.975. The van der Waals surface area contributed by atoms with E-state index in [1.807, 2.05) is 24.3 Å². The second-order valence-corrected chi connectivity index (χ2v) is 5.41. The molecule has 0 aliphatic carbocycles. The topological polar surface area (TPSA) is 92.3 Å². The van der Waals surface area contributed by atoms with Crippen LogP contribution in [0.5, 0.6) is 5.75 Å². The maximum Gasteiger partial charge on any atom is 0.274 e. The second-order valence-electron chi connectivity index (χ2n) is 5.41. The number of nitrogens with zero attached hydrogens (tertiary/aromatic N) is 3. The molecule has 0 aliphatic heterocycles. The summed E-state index contributed by atoms with van der Waals surface area (Å²) in [6.45, 7) is 4.47. The largest absolute Gasteiger partial charge is 0.493 e. The van der Waals surface area contributed by atoms with Gasteiger partial charge in [-0.1, -0.05) is 38.3 Å². The van der Waals surface area contributed by atoms with Gasteiger partial charge in [0.25, 0.3) is 5.56 Å². The number of aromatic nitrogens is 3. The fraction of sp³-hybridized carbons (Fsp3) is 0.412. The number of H-pyrrole nitrogens is 1. The normalized spacial score (nSPS) is 10.9. The van der Waals surface area contributed by atoms with Crippen LogP contribution in [0.2, 0.25) is 0 Å². The first-order valence-corrected chi connectivity index (χ1v) is 8.15. The zero-order valence-electron chi connectivity index (χ0n) is 14.1. The molecule has 0 radical (unpaired) electrons. The van der Waals surface area contributed by atoms with Gasteiger partial charge >= 0.3 is 0 Å². The molecule has 7 nitrogen and oxygen atoms in total. The van der Waals surface area contributed by atoms with Crippen LogP contribution in [0.25, 0.3) is 0 Å². The Labute approximate surface area is 141 Å². The van der Waals surface area contributed by atoms with Gasteiger partial charge in [0.1, 0.15) is 11.4 Å². The average Bonchev–Trinajstić information content (AvgIpc) is 2.59. The van der Waals surface area contributed by atoms with Gasteiger partial charge in [0.15, 0.2) is 0 Å². The number of para-hydroxylation sites is 1. The summed E-state index contributed by atoms with van der Waals surface area (Å²) in [4.78, 5) is 14.0. The predicted molar refractivity (Wildman–Crippen MR) is 94.7 cm³/mol. The summed E-state index contributed by atoms with van der Waals surface area (Å²) < 4.78 is 5.82. The molecule has 0 fully saturated rings. The summed E-state index contributed by atoms with van der Waals surface area (Å²) in [5.41, 5.74) is 3.53. The summed E-state index contributed by atoms with van der Waals surface area (Å²) in [5, 5.41) is 11.6. The van der Waals surface area contributed by atoms with Crippen molar-refractivity contribution in [3.05, 3.63) is 45.9 Å². The number of ether oxygens (including phenoxy) is 1. The molecule has 0 unspecified atom stereocenters.